The Morgan fingerprint density at radius 3 is 2.10 bits per heavy atom. The molecule has 1 N–H and O–H groups in total. The van der Waals surface area contributed by atoms with E-state index in [1.54, 1.807) is 6.92 Å². The summed E-state index contributed by atoms with van der Waals surface area (Å²) in [4.78, 5) is 4.53. The Kier molecular flexibility index (Phi) is 3.56. The highest BCUT2D eigenvalue weighted by Crippen LogP contribution is 2.34. The monoisotopic (exact) mass is 277 g/mol. The molecule has 0 aliphatic heterocycles. The van der Waals surface area contributed by atoms with Crippen LogP contribution in [0.4, 0.5) is 0 Å². The van der Waals surface area contributed by atoms with Crippen LogP contribution in [-0.2, 0) is 0 Å². The Balaban J connectivity index is 2.20. The first-order chi connectivity index (χ1) is 10.3. The zero-order valence-corrected chi connectivity index (χ0v) is 11.7. The van der Waals surface area contributed by atoms with Gasteiger partial charge < -0.3 is 9.52 Å². The first-order valence-electron chi connectivity index (χ1n) is 6.72. The highest BCUT2D eigenvalue weighted by molar-refractivity contribution is 5.78. The lowest BCUT2D eigenvalue weighted by Gasteiger charge is -2.00. The number of hydrogen-bond donors (Lipinski definition) is 1. The third kappa shape index (κ3) is 2.58. The molecule has 0 spiro atoms. The molecule has 0 saturated heterocycles. The van der Waals surface area contributed by atoms with E-state index < -0.39 is 0 Å². The molecule has 1 aromatic heterocycles. The average molecular weight is 277 g/mol. The molecule has 3 aromatic rings. The van der Waals surface area contributed by atoms with Gasteiger partial charge >= 0.3 is 0 Å². The molecule has 0 radical (unpaired) electrons. The molecular weight excluding hydrogens is 262 g/mol. The smallest absolute Gasteiger partial charge is 0.226 e. The molecule has 3 heteroatoms. The molecule has 0 amide bonds. The van der Waals surface area contributed by atoms with Crippen molar-refractivity contribution in [3.05, 3.63) is 72.8 Å². The number of rotatable bonds is 3. The normalized spacial score (nSPS) is 11.6. The van der Waals surface area contributed by atoms with E-state index in [1.807, 2.05) is 60.7 Å². The molecule has 0 saturated carbocycles. The van der Waals surface area contributed by atoms with Gasteiger partial charge in [0.15, 0.2) is 5.76 Å². The van der Waals surface area contributed by atoms with Crippen molar-refractivity contribution in [3.63, 3.8) is 0 Å². The van der Waals surface area contributed by atoms with Gasteiger partial charge in [0.2, 0.25) is 5.89 Å². The summed E-state index contributed by atoms with van der Waals surface area (Å²) < 4.78 is 5.87. The molecule has 0 atom stereocenters. The second-order valence-corrected chi connectivity index (χ2v) is 4.74. The van der Waals surface area contributed by atoms with Gasteiger partial charge in [-0.1, -0.05) is 60.7 Å². The van der Waals surface area contributed by atoms with E-state index in [0.717, 1.165) is 23.1 Å². The lowest BCUT2D eigenvalue weighted by atomic mass is 10.1. The van der Waals surface area contributed by atoms with Gasteiger partial charge in [-0.15, -0.1) is 0 Å². The van der Waals surface area contributed by atoms with Gasteiger partial charge in [0.1, 0.15) is 5.69 Å². The van der Waals surface area contributed by atoms with Gasteiger partial charge in [-0.3, -0.25) is 0 Å². The summed E-state index contributed by atoms with van der Waals surface area (Å²) in [6.07, 6.45) is 1.01. The number of benzene rings is 2. The van der Waals surface area contributed by atoms with Gasteiger partial charge in [-0.2, -0.15) is 0 Å². The maximum atomic E-state index is 9.17. The highest BCUT2D eigenvalue weighted by Gasteiger charge is 2.17. The van der Waals surface area contributed by atoms with Crippen LogP contribution in [0.3, 0.4) is 0 Å². The Morgan fingerprint density at radius 2 is 1.52 bits per heavy atom. The van der Waals surface area contributed by atoms with Crippen LogP contribution in [0.1, 0.15) is 12.8 Å². The van der Waals surface area contributed by atoms with Crippen molar-refractivity contribution in [1.29, 1.82) is 0 Å². The Bertz CT molecular complexity index is 701. The van der Waals surface area contributed by atoms with Crippen LogP contribution in [0.25, 0.3) is 28.2 Å². The van der Waals surface area contributed by atoms with E-state index in [4.69, 9.17) is 9.52 Å². The second kappa shape index (κ2) is 5.67. The minimum Gasteiger partial charge on any atom is -0.515 e. The number of hydrogen-bond acceptors (Lipinski definition) is 3. The minimum absolute atomic E-state index is 0.426. The first-order valence-corrected chi connectivity index (χ1v) is 6.72. The zero-order chi connectivity index (χ0) is 14.7. The van der Waals surface area contributed by atoms with E-state index >= 15 is 0 Å². The van der Waals surface area contributed by atoms with E-state index in [0.29, 0.717) is 17.2 Å². The predicted molar refractivity (Wildman–Crippen MR) is 83.7 cm³/mol. The van der Waals surface area contributed by atoms with Crippen LogP contribution in [-0.4, -0.2) is 10.1 Å². The summed E-state index contributed by atoms with van der Waals surface area (Å²) >= 11 is 0. The number of nitrogens with zero attached hydrogens (tertiary/aromatic N) is 1. The van der Waals surface area contributed by atoms with Crippen molar-refractivity contribution in [2.45, 2.75) is 6.92 Å². The van der Waals surface area contributed by atoms with E-state index in [2.05, 4.69) is 4.98 Å². The lowest BCUT2D eigenvalue weighted by molar-refractivity contribution is 0.470. The molecule has 104 valence electrons. The lowest BCUT2D eigenvalue weighted by Crippen LogP contribution is -1.82. The SMILES string of the molecule is C/C(=C/O)c1nc(-c2ccccc2)c(-c2ccccc2)o1. The third-order valence-electron chi connectivity index (χ3n) is 3.24. The van der Waals surface area contributed by atoms with Crippen LogP contribution in [0, 0.1) is 0 Å². The predicted octanol–water partition coefficient (Wildman–Crippen LogP) is 4.93. The average Bonchev–Trinajstić information content (AvgIpc) is 3.01. The van der Waals surface area contributed by atoms with Gasteiger partial charge in [0.05, 0.1) is 6.26 Å². The highest BCUT2D eigenvalue weighted by atomic mass is 16.4. The van der Waals surface area contributed by atoms with E-state index in [1.165, 1.54) is 0 Å². The molecule has 0 bridgehead atoms. The third-order valence-corrected chi connectivity index (χ3v) is 3.24. The summed E-state index contributed by atoms with van der Waals surface area (Å²) in [6.45, 7) is 1.76. The molecule has 0 aliphatic carbocycles. The maximum absolute atomic E-state index is 9.17. The van der Waals surface area contributed by atoms with Gasteiger partial charge in [-0.05, 0) is 6.92 Å². The largest absolute Gasteiger partial charge is 0.515 e. The Hall–Kier alpha value is -2.81. The Labute approximate surface area is 123 Å². The van der Waals surface area contributed by atoms with Gasteiger partial charge in [0.25, 0.3) is 0 Å². The molecular formula is C18H15NO2. The minimum atomic E-state index is 0.426. The Morgan fingerprint density at radius 1 is 0.952 bits per heavy atom. The first kappa shape index (κ1) is 13.2. The van der Waals surface area contributed by atoms with Crippen LogP contribution >= 0.6 is 0 Å². The molecule has 0 unspecified atom stereocenters. The molecule has 1 heterocycles. The van der Waals surface area contributed by atoms with E-state index in [-0.39, 0.29) is 0 Å². The zero-order valence-electron chi connectivity index (χ0n) is 11.7. The fourth-order valence-electron chi connectivity index (χ4n) is 2.12. The van der Waals surface area contributed by atoms with Crippen LogP contribution in [0.5, 0.6) is 0 Å². The number of aliphatic hydroxyl groups is 1. The standard InChI is InChI=1S/C18H15NO2/c1-13(12-20)18-19-16(14-8-4-2-5-9-14)17(21-18)15-10-6-3-7-11-15/h2-12,20H,1H3/b13-12-. The summed E-state index contributed by atoms with van der Waals surface area (Å²) in [6, 6.07) is 19.7. The molecule has 0 fully saturated rings. The van der Waals surface area contributed by atoms with Crippen molar-refractivity contribution in [2.75, 3.05) is 0 Å². The van der Waals surface area contributed by atoms with Crippen molar-refractivity contribution >= 4 is 5.57 Å². The fourth-order valence-corrected chi connectivity index (χ4v) is 2.12. The molecule has 3 nitrogen and oxygen atoms in total. The van der Waals surface area contributed by atoms with Crippen LogP contribution < -0.4 is 0 Å². The number of allylic oxidation sites excluding steroid dienone is 1. The topological polar surface area (TPSA) is 46.3 Å². The fraction of sp³-hybridized carbons (Fsp3) is 0.0556. The van der Waals surface area contributed by atoms with Crippen molar-refractivity contribution in [2.24, 2.45) is 0 Å². The molecule has 2 aromatic carbocycles. The summed E-state index contributed by atoms with van der Waals surface area (Å²) in [5, 5.41) is 9.17. The number of aliphatic hydroxyl groups excluding tert-OH is 1. The summed E-state index contributed by atoms with van der Waals surface area (Å²) in [5.41, 5.74) is 3.31. The van der Waals surface area contributed by atoms with Crippen molar-refractivity contribution in [3.8, 4) is 22.6 Å². The molecule has 3 rings (SSSR count). The summed E-state index contributed by atoms with van der Waals surface area (Å²) in [5.74, 6) is 1.13. The maximum Gasteiger partial charge on any atom is 0.226 e. The van der Waals surface area contributed by atoms with Crippen molar-refractivity contribution < 1.29 is 9.52 Å². The molecule has 21 heavy (non-hydrogen) atoms. The van der Waals surface area contributed by atoms with Crippen molar-refractivity contribution in [1.82, 2.24) is 4.98 Å². The summed E-state index contributed by atoms with van der Waals surface area (Å²) in [7, 11) is 0. The van der Waals surface area contributed by atoms with Gasteiger partial charge in [-0.25, -0.2) is 4.98 Å². The number of aromatic nitrogens is 1. The quantitative estimate of drug-likeness (QED) is 0.690. The van der Waals surface area contributed by atoms with Crippen LogP contribution in [0.15, 0.2) is 71.3 Å². The van der Waals surface area contributed by atoms with E-state index in [9.17, 15) is 0 Å². The second-order valence-electron chi connectivity index (χ2n) is 4.74. The van der Waals surface area contributed by atoms with Crippen LogP contribution in [0.2, 0.25) is 0 Å². The van der Waals surface area contributed by atoms with Gasteiger partial charge in [0, 0.05) is 16.7 Å². The number of oxazole rings is 1. The molecule has 0 aliphatic rings.